The van der Waals surface area contributed by atoms with Gasteiger partial charge >= 0.3 is 0 Å². The molecule has 0 radical (unpaired) electrons. The molecule has 0 amide bonds. The summed E-state index contributed by atoms with van der Waals surface area (Å²) in [6.45, 7) is 3.30. The molecule has 1 spiro atoms. The first-order chi connectivity index (χ1) is 8.81. The number of rotatable bonds is 4. The maximum absolute atomic E-state index is 6.17. The van der Waals surface area contributed by atoms with E-state index < -0.39 is 0 Å². The van der Waals surface area contributed by atoms with Crippen molar-refractivity contribution in [3.8, 4) is 0 Å². The van der Waals surface area contributed by atoms with E-state index in [2.05, 4.69) is 12.2 Å². The molecule has 1 N–H and O–H groups in total. The average Bonchev–Trinajstić information content (AvgIpc) is 3.09. The number of nitrogens with one attached hydrogen (secondary N) is 1. The molecule has 1 aliphatic heterocycles. The molecule has 2 heteroatoms. The second-order valence-electron chi connectivity index (χ2n) is 6.84. The molecule has 18 heavy (non-hydrogen) atoms. The molecular formula is C16H29NO. The van der Waals surface area contributed by atoms with Gasteiger partial charge in [0.1, 0.15) is 0 Å². The van der Waals surface area contributed by atoms with Crippen LogP contribution in [0.4, 0.5) is 0 Å². The quantitative estimate of drug-likeness (QED) is 0.823. The van der Waals surface area contributed by atoms with E-state index in [0.29, 0.717) is 0 Å². The smallest absolute Gasteiger partial charge is 0.0697 e. The van der Waals surface area contributed by atoms with Crippen molar-refractivity contribution in [2.45, 2.75) is 88.8 Å². The van der Waals surface area contributed by atoms with Crippen molar-refractivity contribution in [3.05, 3.63) is 0 Å². The summed E-state index contributed by atoms with van der Waals surface area (Å²) in [5, 5.41) is 3.92. The van der Waals surface area contributed by atoms with E-state index in [1.54, 1.807) is 0 Å². The molecule has 1 heterocycles. The maximum Gasteiger partial charge on any atom is 0.0697 e. The van der Waals surface area contributed by atoms with Crippen LogP contribution in [0, 0.1) is 5.92 Å². The minimum absolute atomic E-state index is 0.267. The lowest BCUT2D eigenvalue weighted by Crippen LogP contribution is -2.48. The second kappa shape index (κ2) is 5.50. The Morgan fingerprint density at radius 3 is 2.83 bits per heavy atom. The Bertz CT molecular complexity index is 267. The molecule has 0 aromatic rings. The zero-order valence-electron chi connectivity index (χ0n) is 11.9. The van der Waals surface area contributed by atoms with E-state index in [1.165, 1.54) is 64.2 Å². The molecule has 1 saturated heterocycles. The van der Waals surface area contributed by atoms with Gasteiger partial charge in [-0.05, 0) is 44.4 Å². The molecule has 104 valence electrons. The van der Waals surface area contributed by atoms with Crippen LogP contribution in [0.3, 0.4) is 0 Å². The van der Waals surface area contributed by atoms with Crippen molar-refractivity contribution < 1.29 is 4.74 Å². The Morgan fingerprint density at radius 1 is 1.22 bits per heavy atom. The monoisotopic (exact) mass is 251 g/mol. The minimum atomic E-state index is 0.267. The summed E-state index contributed by atoms with van der Waals surface area (Å²) in [5.41, 5.74) is 0.267. The van der Waals surface area contributed by atoms with Gasteiger partial charge in [0.25, 0.3) is 0 Å². The van der Waals surface area contributed by atoms with Crippen LogP contribution in [-0.2, 0) is 4.74 Å². The lowest BCUT2D eigenvalue weighted by Gasteiger charge is -2.44. The fourth-order valence-electron chi connectivity index (χ4n) is 4.16. The highest BCUT2D eigenvalue weighted by Crippen LogP contribution is 2.40. The highest BCUT2D eigenvalue weighted by Gasteiger charge is 2.42. The third-order valence-corrected chi connectivity index (χ3v) is 5.29. The highest BCUT2D eigenvalue weighted by molar-refractivity contribution is 4.98. The Labute approximate surface area is 112 Å². The van der Waals surface area contributed by atoms with Crippen LogP contribution >= 0.6 is 0 Å². The van der Waals surface area contributed by atoms with E-state index in [-0.39, 0.29) is 5.60 Å². The molecule has 0 aromatic carbocycles. The van der Waals surface area contributed by atoms with Crippen molar-refractivity contribution in [1.29, 1.82) is 0 Å². The number of hydrogen-bond acceptors (Lipinski definition) is 2. The lowest BCUT2D eigenvalue weighted by atomic mass is 9.78. The first-order valence-electron chi connectivity index (χ1n) is 8.21. The summed E-state index contributed by atoms with van der Waals surface area (Å²) in [5.74, 6) is 0.986. The van der Waals surface area contributed by atoms with Crippen LogP contribution in [-0.4, -0.2) is 24.3 Å². The summed E-state index contributed by atoms with van der Waals surface area (Å²) in [7, 11) is 0. The van der Waals surface area contributed by atoms with Gasteiger partial charge in [0, 0.05) is 18.7 Å². The fraction of sp³-hybridized carbons (Fsp3) is 1.00. The molecule has 2 nitrogen and oxygen atoms in total. The largest absolute Gasteiger partial charge is 0.375 e. The SMILES string of the molecule is CCCC1CC1NC1CCOC2(CCCCC2)C1. The van der Waals surface area contributed by atoms with Gasteiger partial charge in [-0.15, -0.1) is 0 Å². The molecule has 0 aromatic heterocycles. The van der Waals surface area contributed by atoms with Crippen LogP contribution < -0.4 is 5.32 Å². The number of hydrogen-bond donors (Lipinski definition) is 1. The van der Waals surface area contributed by atoms with E-state index in [0.717, 1.165) is 24.6 Å². The van der Waals surface area contributed by atoms with Crippen molar-refractivity contribution in [3.63, 3.8) is 0 Å². The second-order valence-corrected chi connectivity index (χ2v) is 6.84. The van der Waals surface area contributed by atoms with Crippen LogP contribution in [0.1, 0.15) is 71.1 Å². The third kappa shape index (κ3) is 2.91. The molecule has 3 fully saturated rings. The first kappa shape index (κ1) is 12.9. The predicted octanol–water partition coefficient (Wildman–Crippen LogP) is 3.65. The van der Waals surface area contributed by atoms with Gasteiger partial charge in [-0.3, -0.25) is 0 Å². The summed E-state index contributed by atoms with van der Waals surface area (Å²) in [6.07, 6.45) is 13.5. The average molecular weight is 251 g/mol. The van der Waals surface area contributed by atoms with Crippen molar-refractivity contribution in [2.75, 3.05) is 6.61 Å². The summed E-state index contributed by atoms with van der Waals surface area (Å²) in [6, 6.07) is 1.58. The Morgan fingerprint density at radius 2 is 2.06 bits per heavy atom. The van der Waals surface area contributed by atoms with E-state index in [4.69, 9.17) is 4.74 Å². The molecule has 0 bridgehead atoms. The van der Waals surface area contributed by atoms with E-state index >= 15 is 0 Å². The Hall–Kier alpha value is -0.0800. The van der Waals surface area contributed by atoms with Crippen molar-refractivity contribution in [2.24, 2.45) is 5.92 Å². The van der Waals surface area contributed by atoms with Gasteiger partial charge in [-0.25, -0.2) is 0 Å². The highest BCUT2D eigenvalue weighted by atomic mass is 16.5. The molecule has 3 aliphatic rings. The minimum Gasteiger partial charge on any atom is -0.375 e. The number of ether oxygens (including phenoxy) is 1. The zero-order valence-corrected chi connectivity index (χ0v) is 11.9. The lowest BCUT2D eigenvalue weighted by molar-refractivity contribution is -0.109. The molecular weight excluding hydrogens is 222 g/mol. The Kier molecular flexibility index (Phi) is 3.95. The van der Waals surface area contributed by atoms with Gasteiger partial charge in [0.15, 0.2) is 0 Å². The van der Waals surface area contributed by atoms with Crippen LogP contribution in [0.15, 0.2) is 0 Å². The van der Waals surface area contributed by atoms with Gasteiger partial charge in [-0.1, -0.05) is 32.6 Å². The van der Waals surface area contributed by atoms with Crippen LogP contribution in [0.25, 0.3) is 0 Å². The molecule has 3 atom stereocenters. The van der Waals surface area contributed by atoms with Gasteiger partial charge in [0.2, 0.25) is 0 Å². The van der Waals surface area contributed by atoms with Crippen molar-refractivity contribution in [1.82, 2.24) is 5.32 Å². The topological polar surface area (TPSA) is 21.3 Å². The van der Waals surface area contributed by atoms with Crippen molar-refractivity contribution >= 4 is 0 Å². The van der Waals surface area contributed by atoms with Crippen LogP contribution in [0.2, 0.25) is 0 Å². The zero-order chi connectivity index (χ0) is 12.4. The van der Waals surface area contributed by atoms with Crippen LogP contribution in [0.5, 0.6) is 0 Å². The molecule has 2 aliphatic carbocycles. The van der Waals surface area contributed by atoms with Gasteiger partial charge in [-0.2, -0.15) is 0 Å². The van der Waals surface area contributed by atoms with Gasteiger partial charge in [0.05, 0.1) is 5.60 Å². The summed E-state index contributed by atoms with van der Waals surface area (Å²) >= 11 is 0. The standard InChI is InChI=1S/C16H29NO/c1-2-6-13-11-15(13)17-14-7-10-18-16(12-14)8-4-3-5-9-16/h13-15,17H,2-12H2,1H3. The van der Waals surface area contributed by atoms with Gasteiger partial charge < -0.3 is 10.1 Å². The fourth-order valence-corrected chi connectivity index (χ4v) is 4.16. The maximum atomic E-state index is 6.17. The summed E-state index contributed by atoms with van der Waals surface area (Å²) in [4.78, 5) is 0. The molecule has 3 rings (SSSR count). The first-order valence-corrected chi connectivity index (χ1v) is 8.21. The normalized spacial score (nSPS) is 38.8. The summed E-state index contributed by atoms with van der Waals surface area (Å²) < 4.78 is 6.17. The Balaban J connectivity index is 1.48. The molecule has 3 unspecified atom stereocenters. The molecule has 2 saturated carbocycles. The van der Waals surface area contributed by atoms with E-state index in [1.807, 2.05) is 0 Å². The predicted molar refractivity (Wildman–Crippen MR) is 74.7 cm³/mol. The van der Waals surface area contributed by atoms with E-state index in [9.17, 15) is 0 Å². The third-order valence-electron chi connectivity index (χ3n) is 5.29.